The summed E-state index contributed by atoms with van der Waals surface area (Å²) in [5, 5.41) is 6.60. The SMILES string of the molecule is Cc1noc(C)c1CN1C(=O)C(C)(C)NC(=O)C1C. The quantitative estimate of drug-likeness (QED) is 0.862. The first-order valence-corrected chi connectivity index (χ1v) is 6.29. The minimum absolute atomic E-state index is 0.0976. The van der Waals surface area contributed by atoms with E-state index in [-0.39, 0.29) is 11.8 Å². The third kappa shape index (κ3) is 2.22. The van der Waals surface area contributed by atoms with Crippen LogP contribution in [-0.4, -0.2) is 33.5 Å². The second-order valence-electron chi connectivity index (χ2n) is 5.53. The highest BCUT2D eigenvalue weighted by Gasteiger charge is 2.43. The van der Waals surface area contributed by atoms with Crippen molar-refractivity contribution in [3.8, 4) is 0 Å². The molecule has 2 rings (SSSR count). The number of carbonyl (C=O) groups is 2. The highest BCUT2D eigenvalue weighted by Crippen LogP contribution is 2.23. The van der Waals surface area contributed by atoms with Crippen molar-refractivity contribution in [2.24, 2.45) is 0 Å². The van der Waals surface area contributed by atoms with Crippen LogP contribution in [0.15, 0.2) is 4.52 Å². The second-order valence-corrected chi connectivity index (χ2v) is 5.53. The van der Waals surface area contributed by atoms with Crippen LogP contribution in [0.4, 0.5) is 0 Å². The Bertz CT molecular complexity index is 514. The molecule has 1 N–H and O–H groups in total. The van der Waals surface area contributed by atoms with Crippen LogP contribution in [-0.2, 0) is 16.1 Å². The molecule has 1 atom stereocenters. The van der Waals surface area contributed by atoms with E-state index >= 15 is 0 Å². The van der Waals surface area contributed by atoms with E-state index < -0.39 is 11.6 Å². The Morgan fingerprint density at radius 1 is 1.37 bits per heavy atom. The van der Waals surface area contributed by atoms with Gasteiger partial charge in [-0.2, -0.15) is 0 Å². The molecule has 0 radical (unpaired) electrons. The number of amides is 2. The predicted molar refractivity (Wildman–Crippen MR) is 68.2 cm³/mol. The molecule has 0 aliphatic carbocycles. The van der Waals surface area contributed by atoms with Gasteiger partial charge in [-0.25, -0.2) is 0 Å². The van der Waals surface area contributed by atoms with Crippen LogP contribution in [0, 0.1) is 13.8 Å². The molecule has 1 aliphatic heterocycles. The van der Waals surface area contributed by atoms with E-state index in [1.54, 1.807) is 32.6 Å². The Morgan fingerprint density at radius 3 is 2.53 bits per heavy atom. The van der Waals surface area contributed by atoms with Crippen LogP contribution in [0.2, 0.25) is 0 Å². The van der Waals surface area contributed by atoms with Crippen LogP contribution < -0.4 is 5.32 Å². The zero-order valence-electron chi connectivity index (χ0n) is 11.9. The van der Waals surface area contributed by atoms with Crippen molar-refractivity contribution in [2.75, 3.05) is 0 Å². The van der Waals surface area contributed by atoms with Crippen LogP contribution in [0.25, 0.3) is 0 Å². The zero-order chi connectivity index (χ0) is 14.4. The molecule has 1 aromatic rings. The number of aromatic nitrogens is 1. The summed E-state index contributed by atoms with van der Waals surface area (Å²) in [6.45, 7) is 9.12. The van der Waals surface area contributed by atoms with Gasteiger partial charge in [0, 0.05) is 5.56 Å². The topological polar surface area (TPSA) is 75.4 Å². The largest absolute Gasteiger partial charge is 0.361 e. The molecule has 0 bridgehead atoms. The van der Waals surface area contributed by atoms with Gasteiger partial charge in [-0.15, -0.1) is 0 Å². The van der Waals surface area contributed by atoms with Gasteiger partial charge in [-0.1, -0.05) is 5.16 Å². The van der Waals surface area contributed by atoms with Crippen LogP contribution in [0.1, 0.15) is 37.8 Å². The average molecular weight is 265 g/mol. The number of carbonyl (C=O) groups excluding carboxylic acids is 2. The summed E-state index contributed by atoms with van der Waals surface area (Å²) in [4.78, 5) is 25.9. The van der Waals surface area contributed by atoms with E-state index in [9.17, 15) is 9.59 Å². The normalized spacial score (nSPS) is 22.6. The van der Waals surface area contributed by atoms with E-state index in [1.165, 1.54) is 0 Å². The van der Waals surface area contributed by atoms with Crippen molar-refractivity contribution < 1.29 is 14.1 Å². The van der Waals surface area contributed by atoms with Gasteiger partial charge < -0.3 is 14.7 Å². The van der Waals surface area contributed by atoms with E-state index in [1.807, 2.05) is 6.92 Å². The molecule has 0 aromatic carbocycles. The van der Waals surface area contributed by atoms with E-state index in [2.05, 4.69) is 10.5 Å². The maximum absolute atomic E-state index is 12.4. The fourth-order valence-corrected chi connectivity index (χ4v) is 2.25. The van der Waals surface area contributed by atoms with Crippen molar-refractivity contribution >= 4 is 11.8 Å². The molecule has 0 saturated carbocycles. The minimum atomic E-state index is -0.872. The summed E-state index contributed by atoms with van der Waals surface area (Å²) >= 11 is 0. The van der Waals surface area contributed by atoms with Crippen molar-refractivity contribution in [3.63, 3.8) is 0 Å². The maximum atomic E-state index is 12.4. The van der Waals surface area contributed by atoms with Gasteiger partial charge in [0.05, 0.1) is 12.2 Å². The number of aryl methyl sites for hydroxylation is 2. The van der Waals surface area contributed by atoms with Crippen LogP contribution >= 0.6 is 0 Å². The molecule has 6 nitrogen and oxygen atoms in total. The summed E-state index contributed by atoms with van der Waals surface area (Å²) in [6.07, 6.45) is 0. The zero-order valence-corrected chi connectivity index (χ0v) is 11.9. The van der Waals surface area contributed by atoms with E-state index in [0.29, 0.717) is 12.3 Å². The average Bonchev–Trinajstić information content (AvgIpc) is 2.63. The number of rotatable bonds is 2. The van der Waals surface area contributed by atoms with Crippen LogP contribution in [0.5, 0.6) is 0 Å². The third-order valence-corrected chi connectivity index (χ3v) is 3.59. The van der Waals surface area contributed by atoms with Crippen molar-refractivity contribution in [1.82, 2.24) is 15.4 Å². The maximum Gasteiger partial charge on any atom is 0.248 e. The molecule has 1 aromatic heterocycles. The molecule has 2 heterocycles. The molecule has 2 amide bonds. The lowest BCUT2D eigenvalue weighted by molar-refractivity contribution is -0.153. The van der Waals surface area contributed by atoms with E-state index in [0.717, 1.165) is 11.3 Å². The van der Waals surface area contributed by atoms with E-state index in [4.69, 9.17) is 4.52 Å². The molecule has 104 valence electrons. The summed E-state index contributed by atoms with van der Waals surface area (Å²) < 4.78 is 5.10. The molecule has 1 fully saturated rings. The van der Waals surface area contributed by atoms with Crippen molar-refractivity contribution in [2.45, 2.75) is 52.7 Å². The lowest BCUT2D eigenvalue weighted by Gasteiger charge is -2.41. The minimum Gasteiger partial charge on any atom is -0.361 e. The first-order chi connectivity index (χ1) is 8.74. The third-order valence-electron chi connectivity index (χ3n) is 3.59. The summed E-state index contributed by atoms with van der Waals surface area (Å²) in [5.41, 5.74) is 0.745. The lowest BCUT2D eigenvalue weighted by atomic mass is 9.96. The number of piperazine rings is 1. The molecule has 19 heavy (non-hydrogen) atoms. The van der Waals surface area contributed by atoms with Gasteiger partial charge in [0.25, 0.3) is 0 Å². The number of hydrogen-bond acceptors (Lipinski definition) is 4. The van der Waals surface area contributed by atoms with Gasteiger partial charge in [-0.3, -0.25) is 9.59 Å². The summed E-state index contributed by atoms with van der Waals surface area (Å²) in [6, 6.07) is -0.491. The Balaban J connectivity index is 2.32. The fraction of sp³-hybridized carbons (Fsp3) is 0.615. The first kappa shape index (κ1) is 13.6. The molecule has 6 heteroatoms. The summed E-state index contributed by atoms with van der Waals surface area (Å²) in [5.74, 6) is 0.442. The highest BCUT2D eigenvalue weighted by atomic mass is 16.5. The van der Waals surface area contributed by atoms with Gasteiger partial charge in [0.15, 0.2) is 0 Å². The number of nitrogens with one attached hydrogen (secondary N) is 1. The highest BCUT2D eigenvalue weighted by molar-refractivity contribution is 5.99. The molecule has 1 aliphatic rings. The predicted octanol–water partition coefficient (Wildman–Crippen LogP) is 0.917. The molecule has 1 unspecified atom stereocenters. The number of nitrogens with zero attached hydrogens (tertiary/aromatic N) is 2. The van der Waals surface area contributed by atoms with Gasteiger partial charge in [0.2, 0.25) is 11.8 Å². The van der Waals surface area contributed by atoms with Gasteiger partial charge >= 0.3 is 0 Å². The number of hydrogen-bond donors (Lipinski definition) is 1. The molecule has 1 saturated heterocycles. The Kier molecular flexibility index (Phi) is 3.12. The monoisotopic (exact) mass is 265 g/mol. The fourth-order valence-electron chi connectivity index (χ4n) is 2.25. The van der Waals surface area contributed by atoms with Crippen LogP contribution in [0.3, 0.4) is 0 Å². The Hall–Kier alpha value is -1.85. The molecular weight excluding hydrogens is 246 g/mol. The Morgan fingerprint density at radius 2 is 2.00 bits per heavy atom. The smallest absolute Gasteiger partial charge is 0.248 e. The second kappa shape index (κ2) is 4.36. The molecular formula is C13H19N3O3. The standard InChI is InChI=1S/C13H19N3O3/c1-7-10(9(3)19-15-7)6-16-8(2)11(17)14-13(4,5)12(16)18/h8H,6H2,1-5H3,(H,14,17). The Labute approximate surface area is 112 Å². The first-order valence-electron chi connectivity index (χ1n) is 6.29. The van der Waals surface area contributed by atoms with Crippen molar-refractivity contribution in [1.29, 1.82) is 0 Å². The van der Waals surface area contributed by atoms with Crippen molar-refractivity contribution in [3.05, 3.63) is 17.0 Å². The lowest BCUT2D eigenvalue weighted by Crippen LogP contribution is -2.67. The van der Waals surface area contributed by atoms with Gasteiger partial charge in [0.1, 0.15) is 17.3 Å². The molecule has 0 spiro atoms. The van der Waals surface area contributed by atoms with Gasteiger partial charge in [-0.05, 0) is 34.6 Å². The summed E-state index contributed by atoms with van der Waals surface area (Å²) in [7, 11) is 0.